The highest BCUT2D eigenvalue weighted by Crippen LogP contribution is 2.07. The largest absolute Gasteiger partial charge is 0.495 e. The van der Waals surface area contributed by atoms with E-state index >= 15 is 0 Å². The van der Waals surface area contributed by atoms with Crippen molar-refractivity contribution in [1.82, 2.24) is 10.5 Å². The zero-order valence-electron chi connectivity index (χ0n) is 7.20. The van der Waals surface area contributed by atoms with Crippen molar-refractivity contribution in [1.29, 1.82) is 0 Å². The summed E-state index contributed by atoms with van der Waals surface area (Å²) >= 11 is 0. The molecule has 0 saturated carbocycles. The third-order valence-electron chi connectivity index (χ3n) is 1.43. The van der Waals surface area contributed by atoms with E-state index in [1.54, 1.807) is 20.4 Å². The van der Waals surface area contributed by atoms with E-state index in [1.165, 1.54) is 0 Å². The minimum absolute atomic E-state index is 0.598. The van der Waals surface area contributed by atoms with Gasteiger partial charge in [0.25, 0.3) is 0 Å². The Kier molecular flexibility index (Phi) is 3.50. The van der Waals surface area contributed by atoms with Crippen LogP contribution in [-0.4, -0.2) is 19.2 Å². The molecular formula is C8H12N2O2. The molecule has 0 saturated heterocycles. The fourth-order valence-corrected chi connectivity index (χ4v) is 0.782. The number of aromatic nitrogens is 1. The molecule has 1 heterocycles. The fourth-order valence-electron chi connectivity index (χ4n) is 0.782. The molecule has 0 spiro atoms. The first-order valence-electron chi connectivity index (χ1n) is 3.61. The highest BCUT2D eigenvalue weighted by molar-refractivity contribution is 5.19. The zero-order chi connectivity index (χ0) is 8.81. The monoisotopic (exact) mass is 168 g/mol. The average molecular weight is 168 g/mol. The molecule has 0 aliphatic carbocycles. The first-order chi connectivity index (χ1) is 5.86. The summed E-state index contributed by atoms with van der Waals surface area (Å²) in [6, 6.07) is 3.74. The number of nitrogens with zero attached hydrogens (tertiary/aromatic N) is 1. The van der Waals surface area contributed by atoms with E-state index in [-0.39, 0.29) is 0 Å². The van der Waals surface area contributed by atoms with Crippen molar-refractivity contribution in [3.63, 3.8) is 0 Å². The summed E-state index contributed by atoms with van der Waals surface area (Å²) in [5, 5.41) is 0. The Bertz CT molecular complexity index is 223. The quantitative estimate of drug-likeness (QED) is 0.673. The second kappa shape index (κ2) is 4.69. The Morgan fingerprint density at radius 1 is 1.42 bits per heavy atom. The van der Waals surface area contributed by atoms with Gasteiger partial charge in [0.15, 0.2) is 0 Å². The Hall–Kier alpha value is -1.13. The Labute approximate surface area is 71.5 Å². The van der Waals surface area contributed by atoms with Crippen LogP contribution in [0, 0.1) is 0 Å². The fraction of sp³-hybridized carbons (Fsp3) is 0.375. The topological polar surface area (TPSA) is 43.4 Å². The molecule has 1 aromatic rings. The van der Waals surface area contributed by atoms with Crippen molar-refractivity contribution in [2.24, 2.45) is 0 Å². The number of nitrogens with one attached hydrogen (secondary N) is 1. The van der Waals surface area contributed by atoms with Crippen LogP contribution in [0.3, 0.4) is 0 Å². The van der Waals surface area contributed by atoms with Crippen LogP contribution in [0.4, 0.5) is 0 Å². The molecule has 0 aliphatic rings. The Morgan fingerprint density at radius 2 is 2.25 bits per heavy atom. The molecule has 0 aliphatic heterocycles. The van der Waals surface area contributed by atoms with Gasteiger partial charge in [0.05, 0.1) is 32.7 Å². The van der Waals surface area contributed by atoms with Crippen LogP contribution < -0.4 is 10.2 Å². The van der Waals surface area contributed by atoms with Gasteiger partial charge >= 0.3 is 0 Å². The van der Waals surface area contributed by atoms with Crippen LogP contribution in [-0.2, 0) is 11.4 Å². The molecule has 1 N–H and O–H groups in total. The lowest BCUT2D eigenvalue weighted by atomic mass is 10.3. The van der Waals surface area contributed by atoms with Crippen molar-refractivity contribution in [3.05, 3.63) is 24.0 Å². The van der Waals surface area contributed by atoms with Crippen LogP contribution in [0.5, 0.6) is 5.75 Å². The zero-order valence-corrected chi connectivity index (χ0v) is 7.20. The number of hydrogen-bond donors (Lipinski definition) is 1. The Morgan fingerprint density at radius 3 is 2.75 bits per heavy atom. The molecule has 0 fully saturated rings. The van der Waals surface area contributed by atoms with E-state index in [9.17, 15) is 0 Å². The van der Waals surface area contributed by atoms with Gasteiger partial charge in [-0.05, 0) is 12.1 Å². The lowest BCUT2D eigenvalue weighted by molar-refractivity contribution is 0.0858. The number of hydrogen-bond acceptors (Lipinski definition) is 4. The third-order valence-corrected chi connectivity index (χ3v) is 1.43. The van der Waals surface area contributed by atoms with Gasteiger partial charge < -0.3 is 9.57 Å². The van der Waals surface area contributed by atoms with Crippen LogP contribution in [0.2, 0.25) is 0 Å². The van der Waals surface area contributed by atoms with Gasteiger partial charge in [-0.2, -0.15) is 5.48 Å². The summed E-state index contributed by atoms with van der Waals surface area (Å²) in [5.41, 5.74) is 3.61. The van der Waals surface area contributed by atoms with Crippen LogP contribution in [0.15, 0.2) is 18.3 Å². The minimum atomic E-state index is 0.598. The summed E-state index contributed by atoms with van der Waals surface area (Å²) in [6.07, 6.45) is 1.67. The van der Waals surface area contributed by atoms with Crippen molar-refractivity contribution >= 4 is 0 Å². The molecule has 4 nitrogen and oxygen atoms in total. The number of pyridine rings is 1. The minimum Gasteiger partial charge on any atom is -0.495 e. The first kappa shape index (κ1) is 8.96. The molecule has 0 unspecified atom stereocenters. The predicted octanol–water partition coefficient (Wildman–Crippen LogP) is 0.741. The second-order valence-corrected chi connectivity index (χ2v) is 2.21. The highest BCUT2D eigenvalue weighted by Gasteiger charge is 1.93. The standard InChI is InChI=1S/C8H12N2O2/c1-11-8-4-3-7(9-6-8)5-10-12-2/h3-4,6,10H,5H2,1-2H3. The summed E-state index contributed by atoms with van der Waals surface area (Å²) in [5.74, 6) is 0.760. The number of ether oxygens (including phenoxy) is 1. The molecule has 0 atom stereocenters. The summed E-state index contributed by atoms with van der Waals surface area (Å²) in [6.45, 7) is 0.598. The van der Waals surface area contributed by atoms with Crippen molar-refractivity contribution < 1.29 is 9.57 Å². The van der Waals surface area contributed by atoms with Crippen molar-refractivity contribution in [2.45, 2.75) is 6.54 Å². The smallest absolute Gasteiger partial charge is 0.137 e. The van der Waals surface area contributed by atoms with Crippen LogP contribution in [0.1, 0.15) is 5.69 Å². The molecular weight excluding hydrogens is 156 g/mol. The second-order valence-electron chi connectivity index (χ2n) is 2.21. The molecule has 4 heteroatoms. The predicted molar refractivity (Wildman–Crippen MR) is 44.6 cm³/mol. The molecule has 1 rings (SSSR count). The van der Waals surface area contributed by atoms with E-state index < -0.39 is 0 Å². The van der Waals surface area contributed by atoms with Gasteiger partial charge in [0.1, 0.15) is 5.75 Å². The van der Waals surface area contributed by atoms with E-state index in [1.807, 2.05) is 12.1 Å². The average Bonchev–Trinajstić information content (AvgIpc) is 2.15. The van der Waals surface area contributed by atoms with Crippen LogP contribution in [0.25, 0.3) is 0 Å². The number of rotatable bonds is 4. The third kappa shape index (κ3) is 2.48. The molecule has 1 aromatic heterocycles. The van der Waals surface area contributed by atoms with Gasteiger partial charge in [0, 0.05) is 0 Å². The Balaban J connectivity index is 2.53. The van der Waals surface area contributed by atoms with Crippen molar-refractivity contribution in [3.8, 4) is 5.75 Å². The molecule has 66 valence electrons. The van der Waals surface area contributed by atoms with Gasteiger partial charge in [0.2, 0.25) is 0 Å². The molecule has 0 radical (unpaired) electrons. The van der Waals surface area contributed by atoms with E-state index in [2.05, 4.69) is 15.3 Å². The maximum atomic E-state index is 4.96. The van der Waals surface area contributed by atoms with E-state index in [0.717, 1.165) is 11.4 Å². The lowest BCUT2D eigenvalue weighted by Crippen LogP contribution is -2.11. The molecule has 0 bridgehead atoms. The van der Waals surface area contributed by atoms with Gasteiger partial charge in [-0.25, -0.2) is 0 Å². The molecule has 0 aromatic carbocycles. The summed E-state index contributed by atoms with van der Waals surface area (Å²) in [7, 11) is 3.19. The van der Waals surface area contributed by atoms with Crippen molar-refractivity contribution in [2.75, 3.05) is 14.2 Å². The molecule has 12 heavy (non-hydrogen) atoms. The normalized spacial score (nSPS) is 9.83. The maximum absolute atomic E-state index is 4.96. The maximum Gasteiger partial charge on any atom is 0.137 e. The van der Waals surface area contributed by atoms with E-state index in [4.69, 9.17) is 4.74 Å². The molecule has 0 amide bonds. The van der Waals surface area contributed by atoms with Gasteiger partial charge in [-0.3, -0.25) is 4.98 Å². The van der Waals surface area contributed by atoms with Gasteiger partial charge in [-0.1, -0.05) is 0 Å². The van der Waals surface area contributed by atoms with Crippen LogP contribution >= 0.6 is 0 Å². The van der Waals surface area contributed by atoms with E-state index in [0.29, 0.717) is 6.54 Å². The summed E-state index contributed by atoms with van der Waals surface area (Å²) in [4.78, 5) is 8.80. The number of hydroxylamine groups is 1. The first-order valence-corrected chi connectivity index (χ1v) is 3.61. The SMILES string of the molecule is CONCc1ccc(OC)cn1. The number of methoxy groups -OCH3 is 1. The van der Waals surface area contributed by atoms with Gasteiger partial charge in [-0.15, -0.1) is 0 Å². The lowest BCUT2D eigenvalue weighted by Gasteiger charge is -2.02. The summed E-state index contributed by atoms with van der Waals surface area (Å²) < 4.78 is 4.96. The highest BCUT2D eigenvalue weighted by atomic mass is 16.6.